The van der Waals surface area contributed by atoms with Crippen molar-refractivity contribution in [1.82, 2.24) is 9.80 Å². The third kappa shape index (κ3) is 5.53. The Balaban J connectivity index is 1.46. The van der Waals surface area contributed by atoms with E-state index in [9.17, 15) is 13.2 Å². The van der Waals surface area contributed by atoms with Crippen LogP contribution in [0.2, 0.25) is 0 Å². The molecule has 1 aromatic carbocycles. The molecule has 1 aliphatic rings. The van der Waals surface area contributed by atoms with Gasteiger partial charge in [0.2, 0.25) is 0 Å². The number of furan rings is 1. The smallest absolute Gasteiger partial charge is 0.178 e. The Morgan fingerprint density at radius 2 is 1.96 bits per heavy atom. The molecule has 1 aliphatic heterocycles. The number of rotatable bonds is 9. The van der Waals surface area contributed by atoms with Crippen LogP contribution in [-0.2, 0) is 34.1 Å². The summed E-state index contributed by atoms with van der Waals surface area (Å²) >= 11 is 0. The highest BCUT2D eigenvalue weighted by Gasteiger charge is 2.23. The molecule has 0 saturated heterocycles. The van der Waals surface area contributed by atoms with E-state index in [1.54, 1.807) is 30.3 Å². The van der Waals surface area contributed by atoms with E-state index in [1.807, 2.05) is 14.1 Å². The first kappa shape index (κ1) is 20.8. The van der Waals surface area contributed by atoms with Gasteiger partial charge in [0.1, 0.15) is 17.3 Å². The molecule has 0 bridgehead atoms. The summed E-state index contributed by atoms with van der Waals surface area (Å²) in [6.45, 7) is 2.56. The van der Waals surface area contributed by atoms with E-state index in [2.05, 4.69) is 15.9 Å². The Morgan fingerprint density at radius 3 is 2.68 bits per heavy atom. The minimum Gasteiger partial charge on any atom is -0.463 e. The predicted molar refractivity (Wildman–Crippen MR) is 108 cm³/mol. The van der Waals surface area contributed by atoms with Crippen LogP contribution < -0.4 is 0 Å². The summed E-state index contributed by atoms with van der Waals surface area (Å²) in [5, 5.41) is 0. The summed E-state index contributed by atoms with van der Waals surface area (Å²) in [7, 11) is 0.688. The Hall–Kier alpha value is -1.96. The van der Waals surface area contributed by atoms with Crippen LogP contribution in [-0.4, -0.2) is 56.9 Å². The fourth-order valence-electron chi connectivity index (χ4n) is 3.49. The van der Waals surface area contributed by atoms with Crippen LogP contribution in [0.15, 0.2) is 45.7 Å². The first-order valence-electron chi connectivity index (χ1n) is 9.60. The molecule has 0 fully saturated rings. The van der Waals surface area contributed by atoms with Gasteiger partial charge in [-0.05, 0) is 50.7 Å². The molecule has 3 rings (SSSR count). The third-order valence-electron chi connectivity index (χ3n) is 4.86. The highest BCUT2D eigenvalue weighted by molar-refractivity contribution is 7.91. The SMILES string of the molecule is CN(C)Cc1cc2c(o1)CN(CC(=O)CCCS(=O)(=O)c1ccccc1)CC2. The van der Waals surface area contributed by atoms with Crippen molar-refractivity contribution in [1.29, 1.82) is 0 Å². The second kappa shape index (κ2) is 9.03. The van der Waals surface area contributed by atoms with Gasteiger partial charge in [0, 0.05) is 13.0 Å². The number of nitrogens with zero attached hydrogens (tertiary/aromatic N) is 2. The maximum atomic E-state index is 12.3. The lowest BCUT2D eigenvalue weighted by molar-refractivity contribution is -0.120. The van der Waals surface area contributed by atoms with E-state index in [0.717, 1.165) is 31.0 Å². The average Bonchev–Trinajstić information content (AvgIpc) is 3.03. The van der Waals surface area contributed by atoms with E-state index in [0.29, 0.717) is 24.4 Å². The Kier molecular flexibility index (Phi) is 6.69. The van der Waals surface area contributed by atoms with Gasteiger partial charge in [0.05, 0.1) is 30.3 Å². The second-order valence-electron chi connectivity index (χ2n) is 7.63. The molecule has 2 heterocycles. The number of carbonyl (C=O) groups is 1. The van der Waals surface area contributed by atoms with E-state index >= 15 is 0 Å². The maximum absolute atomic E-state index is 12.3. The Bertz CT molecular complexity index is 904. The Morgan fingerprint density at radius 1 is 1.21 bits per heavy atom. The fourth-order valence-corrected chi connectivity index (χ4v) is 4.82. The molecule has 2 aromatic rings. The first-order chi connectivity index (χ1) is 13.3. The van der Waals surface area contributed by atoms with Crippen LogP contribution in [0.1, 0.15) is 29.9 Å². The summed E-state index contributed by atoms with van der Waals surface area (Å²) in [5.41, 5.74) is 1.23. The zero-order valence-electron chi connectivity index (χ0n) is 16.6. The average molecular weight is 405 g/mol. The molecule has 152 valence electrons. The molecule has 7 heteroatoms. The fraction of sp³-hybridized carbons (Fsp3) is 0.476. The number of sulfone groups is 1. The number of Topliss-reactive ketones (excluding diaryl/α,β-unsaturated/α-hetero) is 1. The zero-order valence-corrected chi connectivity index (χ0v) is 17.4. The Labute approximate surface area is 167 Å². The quantitative estimate of drug-likeness (QED) is 0.640. The molecular formula is C21H28N2O4S. The number of fused-ring (bicyclic) bond motifs is 1. The minimum atomic E-state index is -3.32. The number of hydrogen-bond donors (Lipinski definition) is 0. The van der Waals surface area contributed by atoms with Gasteiger partial charge in [-0.3, -0.25) is 9.69 Å². The van der Waals surface area contributed by atoms with E-state index in [1.165, 1.54) is 5.56 Å². The van der Waals surface area contributed by atoms with Crippen LogP contribution >= 0.6 is 0 Å². The van der Waals surface area contributed by atoms with E-state index < -0.39 is 9.84 Å². The van der Waals surface area contributed by atoms with Gasteiger partial charge in [0.15, 0.2) is 9.84 Å². The predicted octanol–water partition coefficient (Wildman–Crippen LogP) is 2.52. The largest absolute Gasteiger partial charge is 0.463 e. The van der Waals surface area contributed by atoms with Crippen molar-refractivity contribution >= 4 is 15.6 Å². The minimum absolute atomic E-state index is 0.00101. The number of benzene rings is 1. The van der Waals surface area contributed by atoms with Crippen LogP contribution in [0, 0.1) is 0 Å². The van der Waals surface area contributed by atoms with Crippen LogP contribution in [0.4, 0.5) is 0 Å². The molecule has 0 saturated carbocycles. The molecule has 1 aromatic heterocycles. The van der Waals surface area contributed by atoms with Crippen molar-refractivity contribution in [2.75, 3.05) is 32.9 Å². The number of ketones is 1. The topological polar surface area (TPSA) is 70.8 Å². The van der Waals surface area contributed by atoms with E-state index in [4.69, 9.17) is 4.42 Å². The van der Waals surface area contributed by atoms with Crippen LogP contribution in [0.3, 0.4) is 0 Å². The normalized spacial score (nSPS) is 15.0. The summed E-state index contributed by atoms with van der Waals surface area (Å²) in [6.07, 6.45) is 1.50. The first-order valence-corrected chi connectivity index (χ1v) is 11.3. The molecule has 0 unspecified atom stereocenters. The van der Waals surface area contributed by atoms with Crippen molar-refractivity contribution < 1.29 is 17.6 Å². The van der Waals surface area contributed by atoms with Gasteiger partial charge in [-0.15, -0.1) is 0 Å². The van der Waals surface area contributed by atoms with Gasteiger partial charge in [-0.2, -0.15) is 0 Å². The summed E-state index contributed by atoms with van der Waals surface area (Å²) in [6, 6.07) is 10.5. The van der Waals surface area contributed by atoms with Crippen LogP contribution in [0.25, 0.3) is 0 Å². The van der Waals surface area contributed by atoms with Crippen LogP contribution in [0.5, 0.6) is 0 Å². The summed E-state index contributed by atoms with van der Waals surface area (Å²) in [4.78, 5) is 16.8. The molecule has 6 nitrogen and oxygen atoms in total. The van der Waals surface area contributed by atoms with Gasteiger partial charge < -0.3 is 9.32 Å². The lowest BCUT2D eigenvalue weighted by Crippen LogP contribution is -2.34. The monoisotopic (exact) mass is 404 g/mol. The van der Waals surface area contributed by atoms with E-state index in [-0.39, 0.29) is 18.0 Å². The lowest BCUT2D eigenvalue weighted by Gasteiger charge is -2.24. The number of carbonyl (C=O) groups excluding carboxylic acids is 1. The highest BCUT2D eigenvalue weighted by Crippen LogP contribution is 2.23. The molecule has 0 N–H and O–H groups in total. The molecular weight excluding hydrogens is 376 g/mol. The molecule has 28 heavy (non-hydrogen) atoms. The molecule has 0 spiro atoms. The van der Waals surface area contributed by atoms with Crippen molar-refractivity contribution in [3.05, 3.63) is 53.5 Å². The number of hydrogen-bond acceptors (Lipinski definition) is 6. The summed E-state index contributed by atoms with van der Waals surface area (Å²) in [5.74, 6) is 1.97. The maximum Gasteiger partial charge on any atom is 0.178 e. The molecule has 0 radical (unpaired) electrons. The van der Waals surface area contributed by atoms with Crippen molar-refractivity contribution in [3.8, 4) is 0 Å². The van der Waals surface area contributed by atoms with Crippen molar-refractivity contribution in [2.45, 2.75) is 37.2 Å². The van der Waals surface area contributed by atoms with Crippen molar-refractivity contribution in [3.63, 3.8) is 0 Å². The second-order valence-corrected chi connectivity index (χ2v) is 9.74. The van der Waals surface area contributed by atoms with Gasteiger partial charge in [0.25, 0.3) is 0 Å². The lowest BCUT2D eigenvalue weighted by atomic mass is 10.1. The molecule has 0 atom stereocenters. The third-order valence-corrected chi connectivity index (χ3v) is 6.67. The standard InChI is InChI=1S/C21H28N2O4S/c1-22(2)15-19-13-17-10-11-23(16-21(17)27-19)14-18(24)7-6-12-28(25,26)20-8-4-3-5-9-20/h3-5,8-9,13H,6-7,10-12,14-16H2,1-2H3. The highest BCUT2D eigenvalue weighted by atomic mass is 32.2. The van der Waals surface area contributed by atoms with Gasteiger partial charge >= 0.3 is 0 Å². The molecule has 0 aliphatic carbocycles. The van der Waals surface area contributed by atoms with Gasteiger partial charge in [-0.1, -0.05) is 18.2 Å². The van der Waals surface area contributed by atoms with Crippen molar-refractivity contribution in [2.24, 2.45) is 0 Å². The molecule has 0 amide bonds. The summed E-state index contributed by atoms with van der Waals surface area (Å²) < 4.78 is 30.5. The zero-order chi connectivity index (χ0) is 20.1. The van der Waals surface area contributed by atoms with Gasteiger partial charge in [-0.25, -0.2) is 8.42 Å².